The van der Waals surface area contributed by atoms with Crippen molar-refractivity contribution >= 4 is 35.0 Å². The molecule has 4 rings (SSSR count). The first-order valence-electron chi connectivity index (χ1n) is 8.17. The zero-order chi connectivity index (χ0) is 20.9. The van der Waals surface area contributed by atoms with Crippen molar-refractivity contribution in [3.63, 3.8) is 0 Å². The molecular weight excluding hydrogens is 433 g/mol. The number of carbonyl (C=O) groups excluding carboxylic acids is 1. The molecule has 0 fully saturated rings. The molecular formula is C20H9ClF5NOS. The van der Waals surface area contributed by atoms with Crippen molar-refractivity contribution in [1.29, 1.82) is 0 Å². The average molecular weight is 442 g/mol. The number of para-hydroxylation sites is 1. The Morgan fingerprint density at radius 3 is 2.00 bits per heavy atom. The zero-order valence-electron chi connectivity index (χ0n) is 14.2. The fraction of sp³-hybridized carbons (Fsp3) is 0.0500. The SMILES string of the molecule is O=C(c1ccc(Cl)cc1)N1c2ccccc2SC1c1c(F)c(F)c(F)c(F)c1F. The molecule has 0 spiro atoms. The minimum atomic E-state index is -2.25. The first-order valence-corrected chi connectivity index (χ1v) is 9.43. The number of amides is 1. The lowest BCUT2D eigenvalue weighted by Gasteiger charge is -2.26. The lowest BCUT2D eigenvalue weighted by molar-refractivity contribution is 0.0984. The topological polar surface area (TPSA) is 20.3 Å². The van der Waals surface area contributed by atoms with Crippen LogP contribution in [0, 0.1) is 29.1 Å². The number of carbonyl (C=O) groups is 1. The second-order valence-corrected chi connectivity index (χ2v) is 7.66. The molecule has 0 saturated carbocycles. The van der Waals surface area contributed by atoms with Gasteiger partial charge in [-0.3, -0.25) is 9.69 Å². The summed E-state index contributed by atoms with van der Waals surface area (Å²) in [6, 6.07) is 12.1. The van der Waals surface area contributed by atoms with Crippen molar-refractivity contribution in [2.45, 2.75) is 10.3 Å². The first kappa shape index (κ1) is 19.7. The monoisotopic (exact) mass is 441 g/mol. The molecule has 0 bridgehead atoms. The molecule has 3 aromatic carbocycles. The molecule has 0 saturated heterocycles. The Labute approximate surface area is 170 Å². The van der Waals surface area contributed by atoms with Crippen molar-refractivity contribution < 1.29 is 26.7 Å². The van der Waals surface area contributed by atoms with E-state index < -0.39 is 45.9 Å². The summed E-state index contributed by atoms with van der Waals surface area (Å²) in [6.45, 7) is 0. The third-order valence-corrected chi connectivity index (χ3v) is 5.92. The van der Waals surface area contributed by atoms with Crippen LogP contribution in [-0.2, 0) is 0 Å². The van der Waals surface area contributed by atoms with E-state index >= 15 is 0 Å². The Morgan fingerprint density at radius 2 is 1.38 bits per heavy atom. The van der Waals surface area contributed by atoms with E-state index in [0.29, 0.717) is 15.6 Å². The largest absolute Gasteiger partial charge is 0.290 e. The highest BCUT2D eigenvalue weighted by Gasteiger charge is 2.41. The van der Waals surface area contributed by atoms with Crippen molar-refractivity contribution in [2.75, 3.05) is 4.90 Å². The predicted octanol–water partition coefficient (Wildman–Crippen LogP) is 6.49. The summed E-state index contributed by atoms with van der Waals surface area (Å²) >= 11 is 6.64. The maximum Gasteiger partial charge on any atom is 0.259 e. The number of hydrogen-bond acceptors (Lipinski definition) is 2. The van der Waals surface area contributed by atoms with Crippen LogP contribution in [-0.4, -0.2) is 5.91 Å². The molecule has 0 radical (unpaired) electrons. The Balaban J connectivity index is 1.90. The highest BCUT2D eigenvalue weighted by Crippen LogP contribution is 2.53. The third-order valence-electron chi connectivity index (χ3n) is 4.40. The first-order chi connectivity index (χ1) is 13.8. The maximum absolute atomic E-state index is 14.5. The second kappa shape index (κ2) is 7.35. The summed E-state index contributed by atoms with van der Waals surface area (Å²) in [5, 5.41) is -1.12. The minimum absolute atomic E-state index is 0.139. The second-order valence-electron chi connectivity index (χ2n) is 6.10. The van der Waals surface area contributed by atoms with Crippen molar-refractivity contribution in [3.8, 4) is 0 Å². The standard InChI is InChI=1S/C20H9ClF5NOS/c21-10-7-5-9(6-8-10)19(28)27-11-3-1-2-4-12(11)29-20(27)13-14(22)16(24)18(26)17(25)15(13)23/h1-8,20H. The van der Waals surface area contributed by atoms with Gasteiger partial charge in [0.2, 0.25) is 5.82 Å². The summed E-state index contributed by atoms with van der Waals surface area (Å²) in [6.07, 6.45) is 0. The summed E-state index contributed by atoms with van der Waals surface area (Å²) in [5.41, 5.74) is -0.642. The van der Waals surface area contributed by atoms with Gasteiger partial charge in [-0.1, -0.05) is 35.5 Å². The zero-order valence-corrected chi connectivity index (χ0v) is 15.8. The Bertz CT molecular complexity index is 1110. The molecule has 3 aromatic rings. The van der Waals surface area contributed by atoms with E-state index in [1.807, 2.05) is 0 Å². The van der Waals surface area contributed by atoms with E-state index in [1.165, 1.54) is 30.3 Å². The van der Waals surface area contributed by atoms with Crippen LogP contribution in [0.25, 0.3) is 0 Å². The van der Waals surface area contributed by atoms with Crippen LogP contribution in [0.15, 0.2) is 53.4 Å². The normalized spacial score (nSPS) is 15.5. The average Bonchev–Trinajstić information content (AvgIpc) is 3.10. The van der Waals surface area contributed by atoms with E-state index in [4.69, 9.17) is 11.6 Å². The molecule has 1 atom stereocenters. The number of halogens is 6. The number of rotatable bonds is 2. The molecule has 0 N–H and O–H groups in total. The molecule has 0 aromatic heterocycles. The molecule has 1 amide bonds. The minimum Gasteiger partial charge on any atom is -0.290 e. The number of hydrogen-bond donors (Lipinski definition) is 0. The number of fused-ring (bicyclic) bond motifs is 1. The van der Waals surface area contributed by atoms with Crippen molar-refractivity contribution in [3.05, 3.63) is 93.8 Å². The van der Waals surface area contributed by atoms with Gasteiger partial charge in [0, 0.05) is 15.5 Å². The smallest absolute Gasteiger partial charge is 0.259 e. The van der Waals surface area contributed by atoms with E-state index in [2.05, 4.69) is 0 Å². The van der Waals surface area contributed by atoms with Gasteiger partial charge in [0.05, 0.1) is 11.3 Å². The van der Waals surface area contributed by atoms with Gasteiger partial charge >= 0.3 is 0 Å². The fourth-order valence-electron chi connectivity index (χ4n) is 3.03. The Morgan fingerprint density at radius 1 is 0.828 bits per heavy atom. The number of nitrogens with zero attached hydrogens (tertiary/aromatic N) is 1. The molecule has 1 heterocycles. The van der Waals surface area contributed by atoms with E-state index in [-0.39, 0.29) is 5.56 Å². The molecule has 148 valence electrons. The van der Waals surface area contributed by atoms with E-state index in [1.54, 1.807) is 18.2 Å². The van der Waals surface area contributed by atoms with Crippen LogP contribution in [0.5, 0.6) is 0 Å². The highest BCUT2D eigenvalue weighted by molar-refractivity contribution is 8.00. The van der Waals surface area contributed by atoms with Gasteiger partial charge in [-0.15, -0.1) is 0 Å². The van der Waals surface area contributed by atoms with Crippen molar-refractivity contribution in [2.24, 2.45) is 0 Å². The van der Waals surface area contributed by atoms with Crippen LogP contribution in [0.1, 0.15) is 21.3 Å². The number of benzene rings is 3. The van der Waals surface area contributed by atoms with Crippen LogP contribution < -0.4 is 4.90 Å². The summed E-state index contributed by atoms with van der Waals surface area (Å²) in [7, 11) is 0. The molecule has 29 heavy (non-hydrogen) atoms. The Hall–Kier alpha value is -2.58. The molecule has 0 aliphatic carbocycles. The molecule has 9 heteroatoms. The maximum atomic E-state index is 14.5. The van der Waals surface area contributed by atoms with Gasteiger partial charge in [0.1, 0.15) is 5.37 Å². The number of anilines is 1. The molecule has 1 aliphatic rings. The fourth-order valence-corrected chi connectivity index (χ4v) is 4.48. The van der Waals surface area contributed by atoms with Crippen LogP contribution in [0.2, 0.25) is 5.02 Å². The van der Waals surface area contributed by atoms with Crippen LogP contribution in [0.4, 0.5) is 27.6 Å². The summed E-state index contributed by atoms with van der Waals surface area (Å²) in [5.74, 6) is -11.0. The quantitative estimate of drug-likeness (QED) is 0.257. The lowest BCUT2D eigenvalue weighted by atomic mass is 10.1. The summed E-state index contributed by atoms with van der Waals surface area (Å²) < 4.78 is 70.0. The molecule has 2 nitrogen and oxygen atoms in total. The third kappa shape index (κ3) is 3.16. The van der Waals surface area contributed by atoms with Gasteiger partial charge in [-0.25, -0.2) is 22.0 Å². The van der Waals surface area contributed by atoms with Gasteiger partial charge in [-0.05, 0) is 36.4 Å². The highest BCUT2D eigenvalue weighted by atomic mass is 35.5. The van der Waals surface area contributed by atoms with Gasteiger partial charge in [0.25, 0.3) is 5.91 Å². The molecule has 1 aliphatic heterocycles. The van der Waals surface area contributed by atoms with Gasteiger partial charge in [-0.2, -0.15) is 0 Å². The van der Waals surface area contributed by atoms with Crippen LogP contribution in [0.3, 0.4) is 0 Å². The van der Waals surface area contributed by atoms with Crippen molar-refractivity contribution in [1.82, 2.24) is 0 Å². The lowest BCUT2D eigenvalue weighted by Crippen LogP contribution is -2.32. The van der Waals surface area contributed by atoms with E-state index in [0.717, 1.165) is 16.7 Å². The molecule has 1 unspecified atom stereocenters. The Kier molecular flexibility index (Phi) is 5.00. The van der Waals surface area contributed by atoms with Gasteiger partial charge < -0.3 is 0 Å². The number of thioether (sulfide) groups is 1. The van der Waals surface area contributed by atoms with Crippen LogP contribution >= 0.6 is 23.4 Å². The van der Waals surface area contributed by atoms with Gasteiger partial charge in [0.15, 0.2) is 23.3 Å². The summed E-state index contributed by atoms with van der Waals surface area (Å²) in [4.78, 5) is 14.6. The predicted molar refractivity (Wildman–Crippen MR) is 99.5 cm³/mol. The van der Waals surface area contributed by atoms with E-state index in [9.17, 15) is 26.7 Å².